The van der Waals surface area contributed by atoms with Crippen molar-refractivity contribution in [1.82, 2.24) is 0 Å². The minimum atomic E-state index is -0.0619. The van der Waals surface area contributed by atoms with Gasteiger partial charge in [0.25, 0.3) is 0 Å². The topological polar surface area (TPSA) is 26.3 Å². The predicted octanol–water partition coefficient (Wildman–Crippen LogP) is 9.15. The van der Waals surface area contributed by atoms with Gasteiger partial charge >= 0.3 is 5.97 Å². The highest BCUT2D eigenvalue weighted by molar-refractivity contribution is 5.68. The molecule has 0 aliphatic carbocycles. The molecule has 0 radical (unpaired) electrons. The van der Waals surface area contributed by atoms with Gasteiger partial charge < -0.3 is 4.74 Å². The monoisotopic (exact) mass is 396 g/mol. The van der Waals surface area contributed by atoms with E-state index in [0.29, 0.717) is 6.42 Å². The first-order valence-electron chi connectivity index (χ1n) is 12.9. The van der Waals surface area contributed by atoms with Gasteiger partial charge in [0.05, 0.1) is 7.11 Å². The van der Waals surface area contributed by atoms with Crippen molar-refractivity contribution in [3.8, 4) is 0 Å². The van der Waals surface area contributed by atoms with Crippen molar-refractivity contribution >= 4 is 5.97 Å². The average molecular weight is 397 g/mol. The number of methoxy groups -OCH3 is 1. The Morgan fingerprint density at radius 2 is 0.714 bits per heavy atom. The Morgan fingerprint density at radius 3 is 0.964 bits per heavy atom. The standard InChI is InChI=1S/C26H52O2/c1-3-4-5-6-7-8-9-10-11-12-13-14-15-16-17-18-19-20-21-22-23-24-25-26(27)28-2/h3-25H2,1-2H3. The highest BCUT2D eigenvalue weighted by Gasteiger charge is 1.99. The van der Waals surface area contributed by atoms with Crippen molar-refractivity contribution in [3.05, 3.63) is 0 Å². The normalized spacial score (nSPS) is 11.1. The number of carbonyl (C=O) groups is 1. The molecule has 0 saturated carbocycles. The van der Waals surface area contributed by atoms with Crippen molar-refractivity contribution in [3.63, 3.8) is 0 Å². The second-order valence-corrected chi connectivity index (χ2v) is 8.75. The Hall–Kier alpha value is -0.530. The molecule has 0 N–H and O–H groups in total. The molecule has 168 valence electrons. The van der Waals surface area contributed by atoms with Crippen molar-refractivity contribution in [2.75, 3.05) is 7.11 Å². The third-order valence-electron chi connectivity index (χ3n) is 5.96. The van der Waals surface area contributed by atoms with Gasteiger partial charge in [0.15, 0.2) is 0 Å². The van der Waals surface area contributed by atoms with Gasteiger partial charge in [0.2, 0.25) is 0 Å². The molecule has 0 bridgehead atoms. The second-order valence-electron chi connectivity index (χ2n) is 8.75. The minimum absolute atomic E-state index is 0.0619. The van der Waals surface area contributed by atoms with E-state index >= 15 is 0 Å². The maximum atomic E-state index is 11.0. The summed E-state index contributed by atoms with van der Waals surface area (Å²) in [6.45, 7) is 2.29. The quantitative estimate of drug-likeness (QED) is 0.127. The zero-order chi connectivity index (χ0) is 20.5. The first-order chi connectivity index (χ1) is 13.8. The van der Waals surface area contributed by atoms with E-state index in [4.69, 9.17) is 0 Å². The van der Waals surface area contributed by atoms with E-state index < -0.39 is 0 Å². The molecule has 2 nitrogen and oxygen atoms in total. The van der Waals surface area contributed by atoms with Gasteiger partial charge in [-0.25, -0.2) is 0 Å². The van der Waals surface area contributed by atoms with Crippen LogP contribution in [0.15, 0.2) is 0 Å². The number of unbranched alkanes of at least 4 members (excludes halogenated alkanes) is 21. The Bertz CT molecular complexity index is 301. The molecule has 0 spiro atoms. The van der Waals surface area contributed by atoms with Gasteiger partial charge in [-0.1, -0.05) is 142 Å². The van der Waals surface area contributed by atoms with E-state index in [9.17, 15) is 4.79 Å². The van der Waals surface area contributed by atoms with Crippen LogP contribution in [-0.2, 0) is 9.53 Å². The molecule has 0 fully saturated rings. The molecule has 0 saturated heterocycles. The van der Waals surface area contributed by atoms with Gasteiger partial charge in [-0.2, -0.15) is 0 Å². The molecule has 0 aromatic heterocycles. The highest BCUT2D eigenvalue weighted by Crippen LogP contribution is 2.15. The van der Waals surface area contributed by atoms with Gasteiger partial charge in [-0.15, -0.1) is 0 Å². The lowest BCUT2D eigenvalue weighted by Crippen LogP contribution is -1.99. The predicted molar refractivity (Wildman–Crippen MR) is 124 cm³/mol. The highest BCUT2D eigenvalue weighted by atomic mass is 16.5. The van der Waals surface area contributed by atoms with Crippen molar-refractivity contribution in [1.29, 1.82) is 0 Å². The summed E-state index contributed by atoms with van der Waals surface area (Å²) in [5, 5.41) is 0. The Kier molecular flexibility index (Phi) is 24.0. The van der Waals surface area contributed by atoms with Gasteiger partial charge in [-0.05, 0) is 6.42 Å². The van der Waals surface area contributed by atoms with Gasteiger partial charge in [-0.3, -0.25) is 4.79 Å². The Labute approximate surface area is 177 Å². The Morgan fingerprint density at radius 1 is 0.464 bits per heavy atom. The fourth-order valence-electron chi connectivity index (χ4n) is 3.98. The summed E-state index contributed by atoms with van der Waals surface area (Å²) >= 11 is 0. The van der Waals surface area contributed by atoms with Gasteiger partial charge in [0.1, 0.15) is 0 Å². The van der Waals surface area contributed by atoms with E-state index in [0.717, 1.165) is 6.42 Å². The minimum Gasteiger partial charge on any atom is -0.469 e. The largest absolute Gasteiger partial charge is 0.469 e. The number of hydrogen-bond donors (Lipinski definition) is 0. The molecule has 0 heterocycles. The maximum Gasteiger partial charge on any atom is 0.305 e. The summed E-state index contributed by atoms with van der Waals surface area (Å²) in [5.74, 6) is -0.0619. The molecule has 0 aromatic carbocycles. The molecular weight excluding hydrogens is 344 g/mol. The van der Waals surface area contributed by atoms with Crippen LogP contribution in [0.5, 0.6) is 0 Å². The van der Waals surface area contributed by atoms with E-state index in [2.05, 4.69) is 11.7 Å². The zero-order valence-electron chi connectivity index (χ0n) is 19.6. The van der Waals surface area contributed by atoms with Crippen molar-refractivity contribution in [2.45, 2.75) is 155 Å². The fourth-order valence-corrected chi connectivity index (χ4v) is 3.98. The smallest absolute Gasteiger partial charge is 0.305 e. The van der Waals surface area contributed by atoms with E-state index in [1.165, 1.54) is 142 Å². The molecule has 28 heavy (non-hydrogen) atoms. The van der Waals surface area contributed by atoms with Gasteiger partial charge in [0, 0.05) is 6.42 Å². The van der Waals surface area contributed by atoms with Crippen LogP contribution < -0.4 is 0 Å². The average Bonchev–Trinajstić information content (AvgIpc) is 2.71. The first kappa shape index (κ1) is 27.5. The summed E-state index contributed by atoms with van der Waals surface area (Å²) in [6.07, 6.45) is 31.3. The molecule has 0 amide bonds. The van der Waals surface area contributed by atoms with Crippen LogP contribution in [0.25, 0.3) is 0 Å². The summed E-state index contributed by atoms with van der Waals surface area (Å²) < 4.78 is 4.66. The molecule has 0 unspecified atom stereocenters. The third-order valence-corrected chi connectivity index (χ3v) is 5.96. The van der Waals surface area contributed by atoms with Crippen LogP contribution in [0.3, 0.4) is 0 Å². The van der Waals surface area contributed by atoms with E-state index in [1.807, 2.05) is 0 Å². The van der Waals surface area contributed by atoms with Crippen LogP contribution in [0.1, 0.15) is 155 Å². The lowest BCUT2D eigenvalue weighted by atomic mass is 10.0. The Balaban J connectivity index is 3.00. The molecular formula is C26H52O2. The van der Waals surface area contributed by atoms with Crippen LogP contribution in [-0.4, -0.2) is 13.1 Å². The molecule has 2 heteroatoms. The number of ether oxygens (including phenoxy) is 1. The zero-order valence-corrected chi connectivity index (χ0v) is 19.6. The molecule has 0 aliphatic heterocycles. The molecule has 0 aromatic rings. The molecule has 0 rings (SSSR count). The summed E-state index contributed by atoms with van der Waals surface area (Å²) in [4.78, 5) is 11.0. The number of rotatable bonds is 23. The number of carbonyl (C=O) groups excluding carboxylic acids is 1. The maximum absolute atomic E-state index is 11.0. The fraction of sp³-hybridized carbons (Fsp3) is 0.962. The summed E-state index contributed by atoms with van der Waals surface area (Å²) in [6, 6.07) is 0. The van der Waals surface area contributed by atoms with Crippen molar-refractivity contribution < 1.29 is 9.53 Å². The summed E-state index contributed by atoms with van der Waals surface area (Å²) in [7, 11) is 1.47. The van der Waals surface area contributed by atoms with Crippen LogP contribution >= 0.6 is 0 Å². The van der Waals surface area contributed by atoms with Crippen LogP contribution in [0.2, 0.25) is 0 Å². The van der Waals surface area contributed by atoms with E-state index in [-0.39, 0.29) is 5.97 Å². The first-order valence-corrected chi connectivity index (χ1v) is 12.9. The second kappa shape index (κ2) is 24.5. The van der Waals surface area contributed by atoms with Crippen molar-refractivity contribution in [2.24, 2.45) is 0 Å². The third kappa shape index (κ3) is 23.5. The number of esters is 1. The number of hydrogen-bond acceptors (Lipinski definition) is 2. The lowest BCUT2D eigenvalue weighted by molar-refractivity contribution is -0.140. The lowest BCUT2D eigenvalue weighted by Gasteiger charge is -2.04. The SMILES string of the molecule is CCCCCCCCCCCCCCCCCCCCCCCCC(=O)OC. The summed E-state index contributed by atoms with van der Waals surface area (Å²) in [5.41, 5.74) is 0. The van der Waals surface area contributed by atoms with E-state index in [1.54, 1.807) is 0 Å². The molecule has 0 aliphatic rings. The van der Waals surface area contributed by atoms with Crippen LogP contribution in [0, 0.1) is 0 Å². The molecule has 0 atom stereocenters. The van der Waals surface area contributed by atoms with Crippen LogP contribution in [0.4, 0.5) is 0 Å².